The third-order valence-corrected chi connectivity index (χ3v) is 2.34. The van der Waals surface area contributed by atoms with E-state index in [1.807, 2.05) is 0 Å². The number of alkyl carbamates (subject to hydrolysis) is 1. The number of nitrogens with zero attached hydrogens (tertiary/aromatic N) is 1. The zero-order valence-electron chi connectivity index (χ0n) is 11.5. The van der Waals surface area contributed by atoms with Crippen LogP contribution in [0.1, 0.15) is 39.3 Å². The van der Waals surface area contributed by atoms with Gasteiger partial charge in [-0.15, -0.1) is 0 Å². The van der Waals surface area contributed by atoms with E-state index < -0.39 is 16.6 Å². The zero-order valence-corrected chi connectivity index (χ0v) is 11.5. The van der Waals surface area contributed by atoms with Crippen molar-refractivity contribution in [2.45, 2.75) is 39.3 Å². The Kier molecular flexibility index (Phi) is 4.47. The maximum Gasteiger partial charge on any atom is 0.408 e. The van der Waals surface area contributed by atoms with Crippen LogP contribution in [0.3, 0.4) is 0 Å². The molecule has 0 fully saturated rings. The van der Waals surface area contributed by atoms with E-state index >= 15 is 0 Å². The molecular weight excluding hydrogens is 248 g/mol. The number of rotatable bonds is 3. The van der Waals surface area contributed by atoms with E-state index in [1.54, 1.807) is 39.8 Å². The quantitative estimate of drug-likeness (QED) is 0.673. The molecule has 1 aromatic carbocycles. The van der Waals surface area contributed by atoms with Crippen LogP contribution in [-0.4, -0.2) is 16.6 Å². The summed E-state index contributed by atoms with van der Waals surface area (Å²) in [5, 5.41) is 13.2. The molecule has 0 saturated heterocycles. The minimum Gasteiger partial charge on any atom is -0.444 e. The molecule has 1 atom stereocenters. The van der Waals surface area contributed by atoms with Gasteiger partial charge in [0, 0.05) is 12.1 Å². The molecular formula is C13H18N2O4. The highest BCUT2D eigenvalue weighted by Gasteiger charge is 2.18. The van der Waals surface area contributed by atoms with Crippen LogP contribution in [0.15, 0.2) is 24.3 Å². The van der Waals surface area contributed by atoms with E-state index in [1.165, 1.54) is 12.1 Å². The maximum absolute atomic E-state index is 11.6. The molecule has 0 radical (unpaired) electrons. The van der Waals surface area contributed by atoms with Gasteiger partial charge in [0.25, 0.3) is 5.69 Å². The Morgan fingerprint density at radius 2 is 1.84 bits per heavy atom. The van der Waals surface area contributed by atoms with E-state index in [0.29, 0.717) is 0 Å². The van der Waals surface area contributed by atoms with Crippen molar-refractivity contribution in [1.82, 2.24) is 5.32 Å². The first kappa shape index (κ1) is 14.9. The first-order chi connectivity index (χ1) is 8.69. The number of carbonyl (C=O) groups excluding carboxylic acids is 1. The highest BCUT2D eigenvalue weighted by molar-refractivity contribution is 5.68. The summed E-state index contributed by atoms with van der Waals surface area (Å²) < 4.78 is 5.13. The lowest BCUT2D eigenvalue weighted by atomic mass is 10.1. The Hall–Kier alpha value is -2.11. The summed E-state index contributed by atoms with van der Waals surface area (Å²) >= 11 is 0. The summed E-state index contributed by atoms with van der Waals surface area (Å²) in [7, 11) is 0. The number of hydrogen-bond acceptors (Lipinski definition) is 4. The van der Waals surface area contributed by atoms with Gasteiger partial charge in [-0.2, -0.15) is 0 Å². The molecule has 0 aromatic heterocycles. The van der Waals surface area contributed by atoms with Gasteiger partial charge in [0.15, 0.2) is 0 Å². The molecule has 0 saturated carbocycles. The van der Waals surface area contributed by atoms with Crippen LogP contribution in [-0.2, 0) is 4.74 Å². The Balaban J connectivity index is 2.65. The summed E-state index contributed by atoms with van der Waals surface area (Å²) in [6.45, 7) is 7.13. The number of benzene rings is 1. The van der Waals surface area contributed by atoms with Crippen LogP contribution in [0, 0.1) is 10.1 Å². The molecule has 0 spiro atoms. The number of amides is 1. The monoisotopic (exact) mass is 266 g/mol. The van der Waals surface area contributed by atoms with Crippen LogP contribution in [0.2, 0.25) is 0 Å². The SMILES string of the molecule is C[C@H](NC(=O)OC(C)(C)C)c1ccc([N+](=O)[O-])cc1. The van der Waals surface area contributed by atoms with E-state index in [4.69, 9.17) is 4.74 Å². The minimum atomic E-state index is -0.556. The zero-order chi connectivity index (χ0) is 14.6. The van der Waals surface area contributed by atoms with Crippen molar-refractivity contribution in [3.8, 4) is 0 Å². The maximum atomic E-state index is 11.6. The van der Waals surface area contributed by atoms with Crippen molar-refractivity contribution < 1.29 is 14.5 Å². The van der Waals surface area contributed by atoms with Crippen LogP contribution < -0.4 is 5.32 Å². The number of ether oxygens (including phenoxy) is 1. The fraction of sp³-hybridized carbons (Fsp3) is 0.462. The van der Waals surface area contributed by atoms with Gasteiger partial charge < -0.3 is 10.1 Å². The molecule has 0 bridgehead atoms. The van der Waals surface area contributed by atoms with Crippen LogP contribution in [0.4, 0.5) is 10.5 Å². The van der Waals surface area contributed by atoms with Gasteiger partial charge in [0.05, 0.1) is 11.0 Å². The van der Waals surface area contributed by atoms with Gasteiger partial charge in [-0.05, 0) is 33.3 Å². The Morgan fingerprint density at radius 3 is 2.26 bits per heavy atom. The molecule has 19 heavy (non-hydrogen) atoms. The first-order valence-electron chi connectivity index (χ1n) is 5.93. The van der Waals surface area contributed by atoms with Crippen molar-refractivity contribution in [3.63, 3.8) is 0 Å². The van der Waals surface area contributed by atoms with E-state index in [2.05, 4.69) is 5.32 Å². The third-order valence-electron chi connectivity index (χ3n) is 2.34. The second-order valence-corrected chi connectivity index (χ2v) is 5.22. The Bertz CT molecular complexity index is 463. The third kappa shape index (κ3) is 4.95. The fourth-order valence-corrected chi connectivity index (χ4v) is 1.45. The average molecular weight is 266 g/mol. The van der Waals surface area contributed by atoms with E-state index in [-0.39, 0.29) is 11.7 Å². The van der Waals surface area contributed by atoms with E-state index in [0.717, 1.165) is 5.56 Å². The molecule has 1 aromatic rings. The topological polar surface area (TPSA) is 81.5 Å². The lowest BCUT2D eigenvalue weighted by molar-refractivity contribution is -0.384. The number of nitro benzene ring substituents is 1. The molecule has 6 nitrogen and oxygen atoms in total. The van der Waals surface area contributed by atoms with Crippen molar-refractivity contribution in [2.75, 3.05) is 0 Å². The van der Waals surface area contributed by atoms with Gasteiger partial charge in [-0.3, -0.25) is 10.1 Å². The molecule has 0 heterocycles. The molecule has 104 valence electrons. The number of nitrogens with one attached hydrogen (secondary N) is 1. The predicted octanol–water partition coefficient (Wildman–Crippen LogP) is 3.18. The standard InChI is InChI=1S/C13H18N2O4/c1-9(14-12(16)19-13(2,3)4)10-5-7-11(8-6-10)15(17)18/h5-9H,1-4H3,(H,14,16)/t9-/m0/s1. The van der Waals surface area contributed by atoms with Gasteiger partial charge >= 0.3 is 6.09 Å². The van der Waals surface area contributed by atoms with Crippen LogP contribution in [0.5, 0.6) is 0 Å². The minimum absolute atomic E-state index is 0.0215. The Labute approximate surface area is 111 Å². The number of nitro groups is 1. The Morgan fingerprint density at radius 1 is 1.32 bits per heavy atom. The van der Waals surface area contributed by atoms with Crippen molar-refractivity contribution in [1.29, 1.82) is 0 Å². The van der Waals surface area contributed by atoms with Gasteiger partial charge in [-0.25, -0.2) is 4.79 Å². The molecule has 1 amide bonds. The molecule has 6 heteroatoms. The van der Waals surface area contributed by atoms with Gasteiger partial charge in [-0.1, -0.05) is 12.1 Å². The molecule has 1 N–H and O–H groups in total. The van der Waals surface area contributed by atoms with Gasteiger partial charge in [0.2, 0.25) is 0 Å². The summed E-state index contributed by atoms with van der Waals surface area (Å²) in [5.74, 6) is 0. The van der Waals surface area contributed by atoms with Crippen LogP contribution >= 0.6 is 0 Å². The smallest absolute Gasteiger partial charge is 0.408 e. The molecule has 0 unspecified atom stereocenters. The normalized spacial score (nSPS) is 12.6. The highest BCUT2D eigenvalue weighted by atomic mass is 16.6. The molecule has 0 aliphatic carbocycles. The summed E-state index contributed by atoms with van der Waals surface area (Å²) in [4.78, 5) is 21.6. The second kappa shape index (κ2) is 5.69. The number of hydrogen-bond donors (Lipinski definition) is 1. The van der Waals surface area contributed by atoms with Crippen molar-refractivity contribution in [3.05, 3.63) is 39.9 Å². The summed E-state index contributed by atoms with van der Waals surface area (Å²) in [6, 6.07) is 5.75. The summed E-state index contributed by atoms with van der Waals surface area (Å²) in [6.07, 6.45) is -0.515. The number of carbonyl (C=O) groups is 1. The van der Waals surface area contributed by atoms with Crippen LogP contribution in [0.25, 0.3) is 0 Å². The summed E-state index contributed by atoms with van der Waals surface area (Å²) in [5.41, 5.74) is 0.240. The predicted molar refractivity (Wildman–Crippen MR) is 70.9 cm³/mol. The molecule has 1 rings (SSSR count). The highest BCUT2D eigenvalue weighted by Crippen LogP contribution is 2.18. The lowest BCUT2D eigenvalue weighted by Gasteiger charge is -2.22. The molecule has 0 aliphatic heterocycles. The number of non-ortho nitro benzene ring substituents is 1. The fourth-order valence-electron chi connectivity index (χ4n) is 1.45. The average Bonchev–Trinajstić information content (AvgIpc) is 2.26. The van der Waals surface area contributed by atoms with Crippen molar-refractivity contribution in [2.24, 2.45) is 0 Å². The van der Waals surface area contributed by atoms with Crippen molar-refractivity contribution >= 4 is 11.8 Å². The lowest BCUT2D eigenvalue weighted by Crippen LogP contribution is -2.34. The van der Waals surface area contributed by atoms with E-state index in [9.17, 15) is 14.9 Å². The largest absolute Gasteiger partial charge is 0.444 e. The first-order valence-corrected chi connectivity index (χ1v) is 5.93. The van der Waals surface area contributed by atoms with Gasteiger partial charge in [0.1, 0.15) is 5.60 Å². The second-order valence-electron chi connectivity index (χ2n) is 5.22. The molecule has 0 aliphatic rings.